The van der Waals surface area contributed by atoms with Crippen molar-refractivity contribution in [3.63, 3.8) is 0 Å². The summed E-state index contributed by atoms with van der Waals surface area (Å²) in [5.41, 5.74) is 7.99. The van der Waals surface area contributed by atoms with Crippen LogP contribution in [0.5, 0.6) is 0 Å². The summed E-state index contributed by atoms with van der Waals surface area (Å²) in [5, 5.41) is 11.9. The van der Waals surface area contributed by atoms with Gasteiger partial charge in [-0.25, -0.2) is 0 Å². The summed E-state index contributed by atoms with van der Waals surface area (Å²) < 4.78 is 0. The van der Waals surface area contributed by atoms with E-state index >= 15 is 0 Å². The zero-order valence-electron chi connectivity index (χ0n) is 10.2. The van der Waals surface area contributed by atoms with E-state index in [0.717, 1.165) is 31.5 Å². The molecule has 0 radical (unpaired) electrons. The lowest BCUT2D eigenvalue weighted by molar-refractivity contribution is 0.1000. The summed E-state index contributed by atoms with van der Waals surface area (Å²) in [7, 11) is 0. The smallest absolute Gasteiger partial charge is 0.248 e. The molecule has 1 aromatic rings. The van der Waals surface area contributed by atoms with Gasteiger partial charge in [-0.3, -0.25) is 4.79 Å². The Balaban J connectivity index is 2.46. The maximum atomic E-state index is 11.0. The van der Waals surface area contributed by atoms with Crippen LogP contribution in [0, 0.1) is 6.92 Å². The molecule has 0 aliphatic rings. The fraction of sp³-hybridized carbons (Fsp3) is 0.462. The summed E-state index contributed by atoms with van der Waals surface area (Å²) in [4.78, 5) is 11.0. The van der Waals surface area contributed by atoms with E-state index in [0.29, 0.717) is 5.56 Å². The Labute approximate surface area is 102 Å². The highest BCUT2D eigenvalue weighted by Gasteiger charge is 2.03. The Kier molecular flexibility index (Phi) is 5.66. The number of aliphatic hydroxyl groups excluding tert-OH is 1. The van der Waals surface area contributed by atoms with Gasteiger partial charge in [-0.1, -0.05) is 6.07 Å². The van der Waals surface area contributed by atoms with Crippen LogP contribution in [0.25, 0.3) is 0 Å². The molecule has 0 aliphatic carbocycles. The molecular weight excluding hydrogens is 216 g/mol. The first-order chi connectivity index (χ1) is 8.15. The molecule has 0 heterocycles. The van der Waals surface area contributed by atoms with Gasteiger partial charge in [-0.05, 0) is 49.6 Å². The van der Waals surface area contributed by atoms with Gasteiger partial charge in [0, 0.05) is 18.7 Å². The summed E-state index contributed by atoms with van der Waals surface area (Å²) in [6, 6.07) is 5.49. The highest BCUT2D eigenvalue weighted by Crippen LogP contribution is 2.10. The highest BCUT2D eigenvalue weighted by atomic mass is 16.2. The number of rotatable bonds is 7. The average molecular weight is 236 g/mol. The third kappa shape index (κ3) is 4.54. The number of amides is 1. The van der Waals surface area contributed by atoms with Gasteiger partial charge in [0.1, 0.15) is 0 Å². The Hall–Kier alpha value is -1.39. The summed E-state index contributed by atoms with van der Waals surface area (Å²) in [5.74, 6) is -0.393. The number of primary amides is 1. The molecule has 0 fully saturated rings. The number of benzene rings is 1. The molecule has 4 heteroatoms. The van der Waals surface area contributed by atoms with Crippen molar-refractivity contribution in [1.29, 1.82) is 0 Å². The molecule has 1 aromatic carbocycles. The van der Waals surface area contributed by atoms with Crippen LogP contribution in [-0.2, 0) is 6.54 Å². The van der Waals surface area contributed by atoms with Crippen LogP contribution in [0.3, 0.4) is 0 Å². The molecule has 0 bridgehead atoms. The predicted octanol–water partition coefficient (Wildman–Crippen LogP) is 0.956. The van der Waals surface area contributed by atoms with Crippen LogP contribution in [0.1, 0.15) is 34.3 Å². The van der Waals surface area contributed by atoms with E-state index in [-0.39, 0.29) is 6.61 Å². The molecule has 17 heavy (non-hydrogen) atoms. The van der Waals surface area contributed by atoms with Gasteiger partial charge in [-0.2, -0.15) is 0 Å². The van der Waals surface area contributed by atoms with Crippen LogP contribution in [-0.4, -0.2) is 24.2 Å². The van der Waals surface area contributed by atoms with Crippen LogP contribution in [0.4, 0.5) is 0 Å². The molecule has 1 amide bonds. The quantitative estimate of drug-likeness (QED) is 0.617. The van der Waals surface area contributed by atoms with E-state index in [4.69, 9.17) is 10.8 Å². The van der Waals surface area contributed by atoms with Gasteiger partial charge < -0.3 is 16.2 Å². The second kappa shape index (κ2) is 7.04. The van der Waals surface area contributed by atoms with Crippen molar-refractivity contribution in [2.75, 3.05) is 13.2 Å². The van der Waals surface area contributed by atoms with Gasteiger partial charge in [0.15, 0.2) is 0 Å². The van der Waals surface area contributed by atoms with E-state index in [9.17, 15) is 4.79 Å². The van der Waals surface area contributed by atoms with Gasteiger partial charge in [0.25, 0.3) is 0 Å². The summed E-state index contributed by atoms with van der Waals surface area (Å²) in [6.07, 6.45) is 1.79. The normalized spacial score (nSPS) is 10.5. The number of nitrogens with two attached hydrogens (primary N) is 1. The molecule has 0 saturated carbocycles. The molecule has 94 valence electrons. The van der Waals surface area contributed by atoms with E-state index in [1.807, 2.05) is 19.1 Å². The molecule has 4 N–H and O–H groups in total. The van der Waals surface area contributed by atoms with E-state index < -0.39 is 5.91 Å². The first-order valence-electron chi connectivity index (χ1n) is 5.86. The number of aliphatic hydroxyl groups is 1. The van der Waals surface area contributed by atoms with Crippen molar-refractivity contribution >= 4 is 5.91 Å². The number of nitrogens with one attached hydrogen (secondary N) is 1. The fourth-order valence-corrected chi connectivity index (χ4v) is 1.63. The Morgan fingerprint density at radius 2 is 2.18 bits per heavy atom. The fourth-order valence-electron chi connectivity index (χ4n) is 1.63. The van der Waals surface area contributed by atoms with Gasteiger partial charge in [0.2, 0.25) is 5.91 Å². The first-order valence-corrected chi connectivity index (χ1v) is 5.86. The third-order valence-corrected chi connectivity index (χ3v) is 2.70. The maximum Gasteiger partial charge on any atom is 0.248 e. The lowest BCUT2D eigenvalue weighted by Crippen LogP contribution is -2.16. The van der Waals surface area contributed by atoms with Gasteiger partial charge in [0.05, 0.1) is 0 Å². The van der Waals surface area contributed by atoms with Crippen LogP contribution < -0.4 is 11.1 Å². The number of hydrogen-bond acceptors (Lipinski definition) is 3. The van der Waals surface area contributed by atoms with Gasteiger partial charge in [-0.15, -0.1) is 0 Å². The molecule has 0 aliphatic heterocycles. The number of carbonyl (C=O) groups is 1. The lowest BCUT2D eigenvalue weighted by Gasteiger charge is -2.08. The molecule has 0 atom stereocenters. The first kappa shape index (κ1) is 13.7. The zero-order valence-corrected chi connectivity index (χ0v) is 10.2. The van der Waals surface area contributed by atoms with Crippen molar-refractivity contribution in [2.24, 2.45) is 5.73 Å². The zero-order chi connectivity index (χ0) is 12.7. The Bertz CT molecular complexity index is 378. The van der Waals surface area contributed by atoms with Crippen LogP contribution in [0.15, 0.2) is 18.2 Å². The van der Waals surface area contributed by atoms with Crippen molar-refractivity contribution in [2.45, 2.75) is 26.3 Å². The topological polar surface area (TPSA) is 75.4 Å². The minimum Gasteiger partial charge on any atom is -0.396 e. The van der Waals surface area contributed by atoms with Crippen LogP contribution in [0.2, 0.25) is 0 Å². The second-order valence-electron chi connectivity index (χ2n) is 4.11. The predicted molar refractivity (Wildman–Crippen MR) is 67.7 cm³/mol. The lowest BCUT2D eigenvalue weighted by atomic mass is 10.0. The number of hydrogen-bond donors (Lipinski definition) is 3. The third-order valence-electron chi connectivity index (χ3n) is 2.70. The molecule has 0 unspecified atom stereocenters. The minimum atomic E-state index is -0.393. The molecule has 0 saturated heterocycles. The SMILES string of the molecule is Cc1cc(C(N)=O)ccc1CNCCCCO. The second-order valence-corrected chi connectivity index (χ2v) is 4.11. The van der Waals surface area contributed by atoms with Crippen molar-refractivity contribution in [1.82, 2.24) is 5.32 Å². The van der Waals surface area contributed by atoms with E-state index in [1.54, 1.807) is 6.07 Å². The molecule has 1 rings (SSSR count). The Morgan fingerprint density at radius 3 is 2.76 bits per heavy atom. The van der Waals surface area contributed by atoms with Crippen molar-refractivity contribution in [3.05, 3.63) is 34.9 Å². The molecule has 0 spiro atoms. The maximum absolute atomic E-state index is 11.0. The number of carbonyl (C=O) groups excluding carboxylic acids is 1. The molecular formula is C13H20N2O2. The minimum absolute atomic E-state index is 0.244. The van der Waals surface area contributed by atoms with Crippen molar-refractivity contribution < 1.29 is 9.90 Å². The standard InChI is InChI=1S/C13H20N2O2/c1-10-8-11(13(14)17)4-5-12(10)9-15-6-2-3-7-16/h4-5,8,15-16H,2-3,6-7,9H2,1H3,(H2,14,17). The number of unbranched alkanes of at least 4 members (excludes halogenated alkanes) is 1. The number of aryl methyl sites for hydroxylation is 1. The summed E-state index contributed by atoms with van der Waals surface area (Å²) >= 11 is 0. The molecule has 4 nitrogen and oxygen atoms in total. The van der Waals surface area contributed by atoms with E-state index in [1.165, 1.54) is 5.56 Å². The Morgan fingerprint density at radius 1 is 1.41 bits per heavy atom. The highest BCUT2D eigenvalue weighted by molar-refractivity contribution is 5.93. The van der Waals surface area contributed by atoms with E-state index in [2.05, 4.69) is 5.32 Å². The van der Waals surface area contributed by atoms with Gasteiger partial charge >= 0.3 is 0 Å². The van der Waals surface area contributed by atoms with Crippen LogP contribution >= 0.6 is 0 Å². The monoisotopic (exact) mass is 236 g/mol. The largest absolute Gasteiger partial charge is 0.396 e. The average Bonchev–Trinajstić information content (AvgIpc) is 2.30. The summed E-state index contributed by atoms with van der Waals surface area (Å²) in [6.45, 7) is 3.87. The van der Waals surface area contributed by atoms with Crippen molar-refractivity contribution in [3.8, 4) is 0 Å². The molecule has 0 aromatic heterocycles.